The quantitative estimate of drug-likeness (QED) is 0.644. The van der Waals surface area contributed by atoms with E-state index in [4.69, 9.17) is 0 Å². The fraction of sp³-hybridized carbons (Fsp3) is 0.571. The van der Waals surface area contributed by atoms with Crippen molar-refractivity contribution in [3.05, 3.63) is 35.4 Å². The van der Waals surface area contributed by atoms with Gasteiger partial charge < -0.3 is 4.90 Å². The molecular weight excluding hydrogens is 182 g/mol. The monoisotopic (exact) mass is 205 g/mol. The van der Waals surface area contributed by atoms with Crippen molar-refractivity contribution in [2.75, 3.05) is 20.6 Å². The minimum atomic E-state index is 1.22. The molecule has 0 atom stereocenters. The van der Waals surface area contributed by atoms with Gasteiger partial charge in [-0.25, -0.2) is 0 Å². The van der Waals surface area contributed by atoms with Gasteiger partial charge >= 0.3 is 0 Å². The lowest BCUT2D eigenvalue weighted by Crippen LogP contribution is -2.12. The van der Waals surface area contributed by atoms with Crippen LogP contribution >= 0.6 is 0 Å². The molecule has 0 aliphatic heterocycles. The molecule has 1 rings (SSSR count). The minimum absolute atomic E-state index is 1.22. The normalized spacial score (nSPS) is 10.9. The lowest BCUT2D eigenvalue weighted by molar-refractivity contribution is 0.391. The molecule has 1 heteroatoms. The van der Waals surface area contributed by atoms with Crippen LogP contribution in [-0.2, 0) is 6.42 Å². The van der Waals surface area contributed by atoms with E-state index in [0.29, 0.717) is 0 Å². The predicted octanol–water partition coefficient (Wildman–Crippen LogP) is 3.27. The maximum Gasteiger partial charge on any atom is -0.00248 e. The average Bonchev–Trinajstić information content (AvgIpc) is 2.20. The summed E-state index contributed by atoms with van der Waals surface area (Å²) in [5.74, 6) is 0. The standard InChI is InChI=1S/C14H23N/c1-13-9-6-7-11-14(13)10-5-4-8-12-15(2)3/h6-7,9,11H,4-5,8,10,12H2,1-3H3. The van der Waals surface area contributed by atoms with E-state index in [1.165, 1.54) is 43.4 Å². The zero-order chi connectivity index (χ0) is 11.1. The van der Waals surface area contributed by atoms with E-state index in [0.717, 1.165) is 0 Å². The van der Waals surface area contributed by atoms with E-state index in [2.05, 4.69) is 50.2 Å². The Kier molecular flexibility index (Phi) is 5.41. The van der Waals surface area contributed by atoms with Crippen LogP contribution in [0.4, 0.5) is 0 Å². The number of nitrogens with zero attached hydrogens (tertiary/aromatic N) is 1. The summed E-state index contributed by atoms with van der Waals surface area (Å²) >= 11 is 0. The summed E-state index contributed by atoms with van der Waals surface area (Å²) in [6.45, 7) is 3.42. The molecule has 0 saturated heterocycles. The van der Waals surface area contributed by atoms with Crippen LogP contribution in [0.2, 0.25) is 0 Å². The first-order chi connectivity index (χ1) is 7.20. The van der Waals surface area contributed by atoms with Gasteiger partial charge in [-0.1, -0.05) is 30.7 Å². The molecule has 15 heavy (non-hydrogen) atoms. The Labute approximate surface area is 94.1 Å². The van der Waals surface area contributed by atoms with Gasteiger partial charge in [-0.2, -0.15) is 0 Å². The maximum atomic E-state index is 2.26. The van der Waals surface area contributed by atoms with Crippen LogP contribution in [0.25, 0.3) is 0 Å². The number of unbranched alkanes of at least 4 members (excludes halogenated alkanes) is 2. The van der Waals surface area contributed by atoms with Crippen LogP contribution in [0.15, 0.2) is 24.3 Å². The zero-order valence-electron chi connectivity index (χ0n) is 10.3. The average molecular weight is 205 g/mol. The molecule has 0 spiro atoms. The lowest BCUT2D eigenvalue weighted by Gasteiger charge is -2.09. The number of aryl methyl sites for hydroxylation is 2. The van der Waals surface area contributed by atoms with Crippen molar-refractivity contribution in [1.82, 2.24) is 4.90 Å². The van der Waals surface area contributed by atoms with E-state index in [-0.39, 0.29) is 0 Å². The topological polar surface area (TPSA) is 3.24 Å². The molecule has 0 aliphatic carbocycles. The van der Waals surface area contributed by atoms with Gasteiger partial charge in [0.15, 0.2) is 0 Å². The molecule has 0 unspecified atom stereocenters. The number of hydrogen-bond acceptors (Lipinski definition) is 1. The summed E-state index contributed by atoms with van der Waals surface area (Å²) < 4.78 is 0. The van der Waals surface area contributed by atoms with Gasteiger partial charge in [-0.3, -0.25) is 0 Å². The van der Waals surface area contributed by atoms with E-state index in [9.17, 15) is 0 Å². The Morgan fingerprint density at radius 1 is 1.00 bits per heavy atom. The van der Waals surface area contributed by atoms with Gasteiger partial charge in [0.05, 0.1) is 0 Å². The molecule has 0 fully saturated rings. The molecule has 0 bridgehead atoms. The van der Waals surface area contributed by atoms with Crippen molar-refractivity contribution >= 4 is 0 Å². The first-order valence-electron chi connectivity index (χ1n) is 5.89. The summed E-state index contributed by atoms with van der Waals surface area (Å²) in [4.78, 5) is 2.26. The van der Waals surface area contributed by atoms with Gasteiger partial charge in [0.25, 0.3) is 0 Å². The van der Waals surface area contributed by atoms with Gasteiger partial charge in [-0.05, 0) is 58.0 Å². The third kappa shape index (κ3) is 4.98. The molecule has 0 saturated carbocycles. The highest BCUT2D eigenvalue weighted by atomic mass is 15.0. The van der Waals surface area contributed by atoms with Gasteiger partial charge in [0, 0.05) is 0 Å². The fourth-order valence-electron chi connectivity index (χ4n) is 1.81. The zero-order valence-corrected chi connectivity index (χ0v) is 10.3. The molecule has 0 amide bonds. The molecule has 1 aromatic rings. The number of benzene rings is 1. The third-order valence-corrected chi connectivity index (χ3v) is 2.81. The summed E-state index contributed by atoms with van der Waals surface area (Å²) in [6, 6.07) is 8.71. The Balaban J connectivity index is 2.18. The Bertz CT molecular complexity index is 278. The summed E-state index contributed by atoms with van der Waals surface area (Å²) in [5.41, 5.74) is 2.95. The van der Waals surface area contributed by atoms with Crippen LogP contribution in [0, 0.1) is 6.92 Å². The first kappa shape index (κ1) is 12.3. The molecule has 0 heterocycles. The van der Waals surface area contributed by atoms with Crippen LogP contribution < -0.4 is 0 Å². The van der Waals surface area contributed by atoms with Crippen LogP contribution in [0.3, 0.4) is 0 Å². The first-order valence-corrected chi connectivity index (χ1v) is 5.89. The Morgan fingerprint density at radius 3 is 2.40 bits per heavy atom. The summed E-state index contributed by atoms with van der Waals surface area (Å²) in [5, 5.41) is 0. The van der Waals surface area contributed by atoms with Gasteiger partial charge in [0.2, 0.25) is 0 Å². The van der Waals surface area contributed by atoms with Gasteiger partial charge in [-0.15, -0.1) is 0 Å². The highest BCUT2D eigenvalue weighted by Crippen LogP contribution is 2.11. The summed E-state index contributed by atoms with van der Waals surface area (Å²) in [6.07, 6.45) is 5.21. The third-order valence-electron chi connectivity index (χ3n) is 2.81. The molecule has 1 aromatic carbocycles. The minimum Gasteiger partial charge on any atom is -0.309 e. The fourth-order valence-corrected chi connectivity index (χ4v) is 1.81. The van der Waals surface area contributed by atoms with Crippen LogP contribution in [0.1, 0.15) is 30.4 Å². The van der Waals surface area contributed by atoms with Crippen molar-refractivity contribution in [3.63, 3.8) is 0 Å². The van der Waals surface area contributed by atoms with Crippen molar-refractivity contribution < 1.29 is 0 Å². The number of rotatable bonds is 6. The largest absolute Gasteiger partial charge is 0.309 e. The predicted molar refractivity (Wildman–Crippen MR) is 67.3 cm³/mol. The highest BCUT2D eigenvalue weighted by Gasteiger charge is 1.97. The van der Waals surface area contributed by atoms with E-state index < -0.39 is 0 Å². The molecule has 0 aliphatic rings. The van der Waals surface area contributed by atoms with Crippen LogP contribution in [0.5, 0.6) is 0 Å². The highest BCUT2D eigenvalue weighted by molar-refractivity contribution is 5.25. The van der Waals surface area contributed by atoms with Crippen molar-refractivity contribution in [2.45, 2.75) is 32.6 Å². The van der Waals surface area contributed by atoms with E-state index >= 15 is 0 Å². The molecule has 0 aromatic heterocycles. The van der Waals surface area contributed by atoms with Gasteiger partial charge in [0.1, 0.15) is 0 Å². The molecular formula is C14H23N. The molecule has 0 radical (unpaired) electrons. The second-order valence-electron chi connectivity index (χ2n) is 4.54. The molecule has 84 valence electrons. The smallest absolute Gasteiger partial charge is 0.00248 e. The van der Waals surface area contributed by atoms with Crippen molar-refractivity contribution in [2.24, 2.45) is 0 Å². The van der Waals surface area contributed by atoms with E-state index in [1.54, 1.807) is 0 Å². The Hall–Kier alpha value is -0.820. The SMILES string of the molecule is Cc1ccccc1CCCCCN(C)C. The summed E-state index contributed by atoms with van der Waals surface area (Å²) in [7, 11) is 4.28. The van der Waals surface area contributed by atoms with Crippen LogP contribution in [-0.4, -0.2) is 25.5 Å². The lowest BCUT2D eigenvalue weighted by atomic mass is 10.0. The van der Waals surface area contributed by atoms with Crippen molar-refractivity contribution in [3.8, 4) is 0 Å². The second kappa shape index (κ2) is 6.62. The van der Waals surface area contributed by atoms with Crippen molar-refractivity contribution in [1.29, 1.82) is 0 Å². The van der Waals surface area contributed by atoms with E-state index in [1.807, 2.05) is 0 Å². The second-order valence-corrected chi connectivity index (χ2v) is 4.54. The Morgan fingerprint density at radius 2 is 1.73 bits per heavy atom. The molecule has 0 N–H and O–H groups in total. The maximum absolute atomic E-state index is 2.26. The molecule has 1 nitrogen and oxygen atoms in total. The number of hydrogen-bond donors (Lipinski definition) is 0.